The fourth-order valence-electron chi connectivity index (χ4n) is 1.24. The number of halogens is 3. The third-order valence-corrected chi connectivity index (χ3v) is 2.04. The van der Waals surface area contributed by atoms with Gasteiger partial charge >= 0.3 is 0 Å². The van der Waals surface area contributed by atoms with Crippen molar-refractivity contribution in [3.05, 3.63) is 47.8 Å². The molecule has 1 aromatic carbocycles. The van der Waals surface area contributed by atoms with Gasteiger partial charge in [0.2, 0.25) is 0 Å². The maximum absolute atomic E-state index is 13.2. The van der Waals surface area contributed by atoms with Crippen molar-refractivity contribution in [3.8, 4) is 0 Å². The highest BCUT2D eigenvalue weighted by atomic mass is 19.2. The Balaban J connectivity index is 2.13. The van der Waals surface area contributed by atoms with Gasteiger partial charge in [0, 0.05) is 12.4 Å². The van der Waals surface area contributed by atoms with Crippen LogP contribution in [0.3, 0.4) is 0 Å². The first-order valence-electron chi connectivity index (χ1n) is 4.54. The average Bonchev–Trinajstić information content (AvgIpc) is 2.78. The lowest BCUT2D eigenvalue weighted by molar-refractivity contribution is 0.449. The molecule has 6 heteroatoms. The van der Waals surface area contributed by atoms with Crippen molar-refractivity contribution in [2.45, 2.75) is 6.54 Å². The summed E-state index contributed by atoms with van der Waals surface area (Å²) >= 11 is 0. The van der Waals surface area contributed by atoms with Gasteiger partial charge in [-0.1, -0.05) is 0 Å². The molecule has 16 heavy (non-hydrogen) atoms. The standard InChI is InChI=1S/C10H8F3N3/c11-6-1-2-7(10(13)9(6)12)16-5-8-14-3-4-15-8/h1-4,16H,5H2,(H,14,15). The van der Waals surface area contributed by atoms with Gasteiger partial charge in [-0.15, -0.1) is 0 Å². The van der Waals surface area contributed by atoms with Gasteiger partial charge in [-0.2, -0.15) is 0 Å². The molecule has 2 rings (SSSR count). The molecular weight excluding hydrogens is 219 g/mol. The molecule has 3 nitrogen and oxygen atoms in total. The number of rotatable bonds is 3. The third-order valence-electron chi connectivity index (χ3n) is 2.04. The molecule has 84 valence electrons. The van der Waals surface area contributed by atoms with Crippen LogP contribution in [-0.4, -0.2) is 9.97 Å². The molecule has 0 saturated carbocycles. The van der Waals surface area contributed by atoms with Gasteiger partial charge in [0.25, 0.3) is 0 Å². The Labute approximate surface area is 89.3 Å². The highest BCUT2D eigenvalue weighted by molar-refractivity contribution is 5.45. The largest absolute Gasteiger partial charge is 0.375 e. The minimum atomic E-state index is -1.48. The third kappa shape index (κ3) is 2.00. The fourth-order valence-corrected chi connectivity index (χ4v) is 1.24. The second kappa shape index (κ2) is 4.26. The van der Waals surface area contributed by atoms with Crippen LogP contribution in [-0.2, 0) is 6.54 Å². The van der Waals surface area contributed by atoms with E-state index in [9.17, 15) is 13.2 Å². The number of aromatic amines is 1. The number of benzene rings is 1. The van der Waals surface area contributed by atoms with Gasteiger partial charge < -0.3 is 10.3 Å². The van der Waals surface area contributed by atoms with Crippen LogP contribution in [0.2, 0.25) is 0 Å². The van der Waals surface area contributed by atoms with E-state index in [1.165, 1.54) is 0 Å². The van der Waals surface area contributed by atoms with Gasteiger partial charge in [0.1, 0.15) is 5.82 Å². The van der Waals surface area contributed by atoms with E-state index in [-0.39, 0.29) is 12.2 Å². The van der Waals surface area contributed by atoms with Crippen molar-refractivity contribution in [2.75, 3.05) is 5.32 Å². The summed E-state index contributed by atoms with van der Waals surface area (Å²) in [5.74, 6) is -3.35. The molecule has 0 aliphatic heterocycles. The SMILES string of the molecule is Fc1ccc(NCc2ncc[nH]2)c(F)c1F. The van der Waals surface area contributed by atoms with Crippen molar-refractivity contribution in [1.82, 2.24) is 9.97 Å². The molecule has 0 fully saturated rings. The van der Waals surface area contributed by atoms with E-state index >= 15 is 0 Å². The van der Waals surface area contributed by atoms with Crippen LogP contribution in [0, 0.1) is 17.5 Å². The van der Waals surface area contributed by atoms with Crippen molar-refractivity contribution in [3.63, 3.8) is 0 Å². The first-order chi connectivity index (χ1) is 7.68. The number of nitrogens with zero attached hydrogens (tertiary/aromatic N) is 1. The van der Waals surface area contributed by atoms with Crippen LogP contribution in [0.15, 0.2) is 24.5 Å². The Bertz CT molecular complexity index is 482. The monoisotopic (exact) mass is 227 g/mol. The normalized spacial score (nSPS) is 10.4. The fraction of sp³-hybridized carbons (Fsp3) is 0.100. The van der Waals surface area contributed by atoms with Crippen LogP contribution in [0.25, 0.3) is 0 Å². The van der Waals surface area contributed by atoms with Crippen LogP contribution >= 0.6 is 0 Å². The van der Waals surface area contributed by atoms with Crippen molar-refractivity contribution in [1.29, 1.82) is 0 Å². The Morgan fingerprint density at radius 1 is 1.19 bits per heavy atom. The van der Waals surface area contributed by atoms with Crippen LogP contribution in [0.4, 0.5) is 18.9 Å². The number of hydrogen-bond donors (Lipinski definition) is 2. The van der Waals surface area contributed by atoms with Crippen LogP contribution in [0.1, 0.15) is 5.82 Å². The molecule has 0 radical (unpaired) electrons. The van der Waals surface area contributed by atoms with E-state index in [1.807, 2.05) is 0 Å². The van der Waals surface area contributed by atoms with Crippen LogP contribution in [0.5, 0.6) is 0 Å². The molecule has 0 atom stereocenters. The second-order valence-corrected chi connectivity index (χ2v) is 3.11. The number of nitrogens with one attached hydrogen (secondary N) is 2. The first-order valence-corrected chi connectivity index (χ1v) is 4.54. The average molecular weight is 227 g/mol. The summed E-state index contributed by atoms with van der Waals surface area (Å²) in [6.07, 6.45) is 3.15. The first kappa shape index (κ1) is 10.5. The van der Waals surface area contributed by atoms with E-state index in [1.54, 1.807) is 12.4 Å². The van der Waals surface area contributed by atoms with E-state index in [0.717, 1.165) is 12.1 Å². The number of imidazole rings is 1. The van der Waals surface area contributed by atoms with Crippen molar-refractivity contribution >= 4 is 5.69 Å². The van der Waals surface area contributed by atoms with E-state index in [0.29, 0.717) is 5.82 Å². The van der Waals surface area contributed by atoms with Gasteiger partial charge in [-0.25, -0.2) is 18.2 Å². The lowest BCUT2D eigenvalue weighted by atomic mass is 10.3. The molecule has 2 aromatic rings. The highest BCUT2D eigenvalue weighted by Crippen LogP contribution is 2.19. The van der Waals surface area contributed by atoms with Gasteiger partial charge in [0.15, 0.2) is 17.5 Å². The lowest BCUT2D eigenvalue weighted by Gasteiger charge is -2.06. The Hall–Kier alpha value is -1.98. The molecule has 0 unspecified atom stereocenters. The second-order valence-electron chi connectivity index (χ2n) is 3.11. The smallest absolute Gasteiger partial charge is 0.196 e. The molecule has 0 aliphatic carbocycles. The Morgan fingerprint density at radius 3 is 2.69 bits per heavy atom. The molecule has 1 heterocycles. The molecule has 0 aliphatic rings. The van der Waals surface area contributed by atoms with Gasteiger partial charge in [-0.3, -0.25) is 0 Å². The quantitative estimate of drug-likeness (QED) is 0.790. The van der Waals surface area contributed by atoms with Gasteiger partial charge in [0.05, 0.1) is 12.2 Å². The number of aromatic nitrogens is 2. The van der Waals surface area contributed by atoms with Crippen molar-refractivity contribution in [2.24, 2.45) is 0 Å². The van der Waals surface area contributed by atoms with E-state index in [2.05, 4.69) is 15.3 Å². The molecule has 0 amide bonds. The molecular formula is C10H8F3N3. The summed E-state index contributed by atoms with van der Waals surface area (Å²) in [5, 5.41) is 2.61. The summed E-state index contributed by atoms with van der Waals surface area (Å²) in [4.78, 5) is 6.68. The summed E-state index contributed by atoms with van der Waals surface area (Å²) in [5.41, 5.74) is -0.102. The molecule has 0 saturated heterocycles. The van der Waals surface area contributed by atoms with Crippen molar-refractivity contribution < 1.29 is 13.2 Å². The molecule has 0 spiro atoms. The Kier molecular flexibility index (Phi) is 2.80. The maximum Gasteiger partial charge on any atom is 0.196 e. The zero-order chi connectivity index (χ0) is 11.5. The number of hydrogen-bond acceptors (Lipinski definition) is 2. The van der Waals surface area contributed by atoms with Gasteiger partial charge in [-0.05, 0) is 12.1 Å². The molecule has 1 aromatic heterocycles. The molecule has 2 N–H and O–H groups in total. The summed E-state index contributed by atoms with van der Waals surface area (Å²) in [7, 11) is 0. The predicted molar refractivity (Wildman–Crippen MR) is 52.2 cm³/mol. The summed E-state index contributed by atoms with van der Waals surface area (Å²) in [6.45, 7) is 0.203. The Morgan fingerprint density at radius 2 is 2.00 bits per heavy atom. The zero-order valence-corrected chi connectivity index (χ0v) is 8.10. The minimum Gasteiger partial charge on any atom is -0.375 e. The topological polar surface area (TPSA) is 40.7 Å². The predicted octanol–water partition coefficient (Wildman–Crippen LogP) is 2.44. The van der Waals surface area contributed by atoms with Crippen LogP contribution < -0.4 is 5.32 Å². The summed E-state index contributed by atoms with van der Waals surface area (Å²) < 4.78 is 38.6. The minimum absolute atomic E-state index is 0.102. The maximum atomic E-state index is 13.2. The number of H-pyrrole nitrogens is 1. The zero-order valence-electron chi connectivity index (χ0n) is 8.10. The van der Waals surface area contributed by atoms with E-state index < -0.39 is 17.5 Å². The number of anilines is 1. The highest BCUT2D eigenvalue weighted by Gasteiger charge is 2.12. The molecule has 0 bridgehead atoms. The summed E-state index contributed by atoms with van der Waals surface area (Å²) in [6, 6.07) is 2.00. The lowest BCUT2D eigenvalue weighted by Crippen LogP contribution is -2.05. The van der Waals surface area contributed by atoms with E-state index in [4.69, 9.17) is 0 Å².